The predicted octanol–water partition coefficient (Wildman–Crippen LogP) is 4.95. The number of carbonyl (C=O) groups excluding carboxylic acids is 3. The lowest BCUT2D eigenvalue weighted by Crippen LogP contribution is -2.36. The molecule has 0 saturated carbocycles. The first-order valence-electron chi connectivity index (χ1n) is 11.0. The molecule has 1 fully saturated rings. The highest BCUT2D eigenvalue weighted by Crippen LogP contribution is 2.32. The normalized spacial score (nSPS) is 14.2. The summed E-state index contributed by atoms with van der Waals surface area (Å²) >= 11 is 0.782. The molecule has 3 amide bonds. The van der Waals surface area contributed by atoms with Crippen molar-refractivity contribution in [3.63, 3.8) is 0 Å². The lowest BCUT2D eigenvalue weighted by atomic mass is 10.1. The Balaban J connectivity index is 1.35. The topological polar surface area (TPSA) is 113 Å². The van der Waals surface area contributed by atoms with Gasteiger partial charge in [-0.2, -0.15) is 0 Å². The van der Waals surface area contributed by atoms with Crippen molar-refractivity contribution >= 4 is 46.5 Å². The van der Waals surface area contributed by atoms with Gasteiger partial charge < -0.3 is 15.2 Å². The Kier molecular flexibility index (Phi) is 7.50. The largest absolute Gasteiger partial charge is 0.489 e. The van der Waals surface area contributed by atoms with E-state index in [1.807, 2.05) is 19.1 Å². The van der Waals surface area contributed by atoms with Crippen molar-refractivity contribution in [3.05, 3.63) is 100.0 Å². The van der Waals surface area contributed by atoms with Crippen LogP contribution in [-0.2, 0) is 16.2 Å². The van der Waals surface area contributed by atoms with Crippen molar-refractivity contribution < 1.29 is 29.0 Å². The van der Waals surface area contributed by atoms with Crippen LogP contribution in [0.3, 0.4) is 0 Å². The number of anilines is 1. The SMILES string of the molecule is Cc1ccc(NC(=O)CN2C(=O)S/C(=C\c3ccc(OCc4cccc(C(=O)O)c4)cc3)C2=O)cc1. The van der Waals surface area contributed by atoms with Crippen LogP contribution < -0.4 is 10.1 Å². The molecule has 0 atom stereocenters. The van der Waals surface area contributed by atoms with Crippen LogP contribution in [0.5, 0.6) is 5.75 Å². The second-order valence-corrected chi connectivity index (χ2v) is 9.04. The van der Waals surface area contributed by atoms with Crippen molar-refractivity contribution in [1.82, 2.24) is 4.90 Å². The zero-order chi connectivity index (χ0) is 25.7. The van der Waals surface area contributed by atoms with Gasteiger partial charge in [0, 0.05) is 5.69 Å². The van der Waals surface area contributed by atoms with Gasteiger partial charge in [0.25, 0.3) is 11.1 Å². The van der Waals surface area contributed by atoms with E-state index in [0.29, 0.717) is 17.0 Å². The molecule has 0 bridgehead atoms. The number of carboxylic acid groups (broad SMARTS) is 1. The van der Waals surface area contributed by atoms with Crippen molar-refractivity contribution in [2.75, 3.05) is 11.9 Å². The number of thioether (sulfide) groups is 1. The van der Waals surface area contributed by atoms with Crippen molar-refractivity contribution in [2.24, 2.45) is 0 Å². The average Bonchev–Trinajstić information content (AvgIpc) is 3.12. The highest BCUT2D eigenvalue weighted by molar-refractivity contribution is 8.18. The molecular formula is C27H22N2O6S. The van der Waals surface area contributed by atoms with Gasteiger partial charge in [-0.25, -0.2) is 4.79 Å². The quantitative estimate of drug-likeness (QED) is 0.419. The standard InChI is InChI=1S/C27H22N2O6S/c1-17-5-9-21(10-6-17)28-24(30)15-29-25(31)23(36-27(29)34)14-18-7-11-22(12-8-18)35-16-19-3-2-4-20(13-19)26(32)33/h2-14H,15-16H2,1H3,(H,28,30)(H,32,33)/b23-14-. The number of ether oxygens (including phenoxy) is 1. The van der Waals surface area contributed by atoms with E-state index in [4.69, 9.17) is 9.84 Å². The van der Waals surface area contributed by atoms with Crippen LogP contribution in [0.15, 0.2) is 77.7 Å². The Hall–Kier alpha value is -4.37. The van der Waals surface area contributed by atoms with E-state index in [1.54, 1.807) is 60.7 Å². The van der Waals surface area contributed by atoms with Crippen LogP contribution in [0.4, 0.5) is 10.5 Å². The van der Waals surface area contributed by atoms with Crippen molar-refractivity contribution in [2.45, 2.75) is 13.5 Å². The Morgan fingerprint density at radius 3 is 2.44 bits per heavy atom. The number of imide groups is 1. The number of nitrogens with one attached hydrogen (secondary N) is 1. The molecule has 0 aliphatic carbocycles. The number of hydrogen-bond donors (Lipinski definition) is 2. The second kappa shape index (κ2) is 10.9. The van der Waals surface area contributed by atoms with Gasteiger partial charge in [0.05, 0.1) is 10.5 Å². The smallest absolute Gasteiger partial charge is 0.335 e. The van der Waals surface area contributed by atoms with Crippen molar-refractivity contribution in [1.29, 1.82) is 0 Å². The zero-order valence-electron chi connectivity index (χ0n) is 19.3. The van der Waals surface area contributed by atoms with Gasteiger partial charge in [-0.3, -0.25) is 19.3 Å². The number of amides is 3. The highest BCUT2D eigenvalue weighted by atomic mass is 32.2. The van der Waals surface area contributed by atoms with Crippen molar-refractivity contribution in [3.8, 4) is 5.75 Å². The van der Waals surface area contributed by atoms with Gasteiger partial charge in [0.1, 0.15) is 18.9 Å². The average molecular weight is 503 g/mol. The Morgan fingerprint density at radius 1 is 1.03 bits per heavy atom. The van der Waals surface area contributed by atoms with Crippen LogP contribution in [0.2, 0.25) is 0 Å². The fraction of sp³-hybridized carbons (Fsp3) is 0.111. The highest BCUT2D eigenvalue weighted by Gasteiger charge is 2.36. The summed E-state index contributed by atoms with van der Waals surface area (Å²) < 4.78 is 5.71. The molecule has 2 N–H and O–H groups in total. The molecule has 1 aliphatic rings. The number of carboxylic acids is 1. The third-order valence-corrected chi connectivity index (χ3v) is 6.18. The lowest BCUT2D eigenvalue weighted by molar-refractivity contribution is -0.127. The second-order valence-electron chi connectivity index (χ2n) is 8.05. The maximum Gasteiger partial charge on any atom is 0.335 e. The first-order valence-corrected chi connectivity index (χ1v) is 11.8. The number of aromatic carboxylic acids is 1. The molecule has 4 rings (SSSR count). The van der Waals surface area contributed by atoms with E-state index < -0.39 is 23.0 Å². The minimum absolute atomic E-state index is 0.188. The summed E-state index contributed by atoms with van der Waals surface area (Å²) in [5.41, 5.74) is 3.23. The van der Waals surface area contributed by atoms with Crippen LogP contribution >= 0.6 is 11.8 Å². The number of aryl methyl sites for hydroxylation is 1. The third-order valence-electron chi connectivity index (χ3n) is 5.27. The molecule has 36 heavy (non-hydrogen) atoms. The molecule has 0 radical (unpaired) electrons. The molecule has 1 saturated heterocycles. The van der Waals surface area contributed by atoms with Gasteiger partial charge in [0.2, 0.25) is 5.91 Å². The Bertz CT molecular complexity index is 1350. The zero-order valence-corrected chi connectivity index (χ0v) is 20.1. The minimum atomic E-state index is -1.00. The van der Waals surface area contributed by atoms with Gasteiger partial charge in [-0.15, -0.1) is 0 Å². The molecule has 3 aromatic carbocycles. The molecule has 0 unspecified atom stereocenters. The number of nitrogens with zero attached hydrogens (tertiary/aromatic N) is 1. The summed E-state index contributed by atoms with van der Waals surface area (Å²) in [6.45, 7) is 1.76. The fourth-order valence-electron chi connectivity index (χ4n) is 3.39. The number of benzene rings is 3. The number of rotatable bonds is 8. The third kappa shape index (κ3) is 6.19. The monoisotopic (exact) mass is 502 g/mol. The maximum atomic E-state index is 12.7. The van der Waals surface area contributed by atoms with Crippen LogP contribution in [0.25, 0.3) is 6.08 Å². The van der Waals surface area contributed by atoms with E-state index in [-0.39, 0.29) is 23.6 Å². The Morgan fingerprint density at radius 2 is 1.75 bits per heavy atom. The van der Waals surface area contributed by atoms with E-state index in [9.17, 15) is 19.2 Å². The van der Waals surface area contributed by atoms with E-state index in [2.05, 4.69) is 5.32 Å². The summed E-state index contributed by atoms with van der Waals surface area (Å²) in [7, 11) is 0. The fourth-order valence-corrected chi connectivity index (χ4v) is 4.23. The van der Waals surface area contributed by atoms with Gasteiger partial charge in [0.15, 0.2) is 0 Å². The van der Waals surface area contributed by atoms with Crippen LogP contribution in [-0.4, -0.2) is 39.6 Å². The van der Waals surface area contributed by atoms with E-state index in [1.165, 1.54) is 6.07 Å². The molecule has 182 valence electrons. The first-order chi connectivity index (χ1) is 17.3. The molecule has 0 spiro atoms. The molecule has 1 aliphatic heterocycles. The van der Waals surface area contributed by atoms with E-state index >= 15 is 0 Å². The predicted molar refractivity (Wildman–Crippen MR) is 137 cm³/mol. The molecule has 3 aromatic rings. The van der Waals surface area contributed by atoms with Gasteiger partial charge >= 0.3 is 5.97 Å². The van der Waals surface area contributed by atoms with Crippen LogP contribution in [0.1, 0.15) is 27.0 Å². The summed E-state index contributed by atoms with van der Waals surface area (Å²) in [5, 5.41) is 11.3. The first kappa shape index (κ1) is 24.7. The summed E-state index contributed by atoms with van der Waals surface area (Å²) in [6.07, 6.45) is 1.59. The molecule has 0 aromatic heterocycles. The van der Waals surface area contributed by atoms with E-state index in [0.717, 1.165) is 27.8 Å². The van der Waals surface area contributed by atoms with Crippen LogP contribution in [0, 0.1) is 6.92 Å². The molecular weight excluding hydrogens is 480 g/mol. The number of hydrogen-bond acceptors (Lipinski definition) is 6. The summed E-state index contributed by atoms with van der Waals surface area (Å²) in [5.74, 6) is -1.42. The summed E-state index contributed by atoms with van der Waals surface area (Å²) in [6, 6.07) is 20.6. The number of carbonyl (C=O) groups is 4. The van der Waals surface area contributed by atoms with Gasteiger partial charge in [-0.05, 0) is 72.3 Å². The minimum Gasteiger partial charge on any atom is -0.489 e. The lowest BCUT2D eigenvalue weighted by Gasteiger charge is -2.12. The molecule has 1 heterocycles. The Labute approximate surface area is 211 Å². The summed E-state index contributed by atoms with van der Waals surface area (Å²) in [4.78, 5) is 49.6. The van der Waals surface area contributed by atoms with Gasteiger partial charge in [-0.1, -0.05) is 42.0 Å². The molecule has 8 nitrogen and oxygen atoms in total. The maximum absolute atomic E-state index is 12.7. The molecule has 9 heteroatoms.